The summed E-state index contributed by atoms with van der Waals surface area (Å²) >= 11 is 0. The van der Waals surface area contributed by atoms with Gasteiger partial charge >= 0.3 is 5.97 Å². The summed E-state index contributed by atoms with van der Waals surface area (Å²) in [6.45, 7) is 0. The number of nitrogens with zero attached hydrogens (tertiary/aromatic N) is 2. The van der Waals surface area contributed by atoms with Gasteiger partial charge in [0.05, 0.1) is 17.0 Å². The Bertz CT molecular complexity index is 1510. The topological polar surface area (TPSA) is 96.3 Å². The number of aliphatic carboxylic acids is 1. The number of anilines is 2. The molecule has 5 rings (SSSR count). The number of carbonyl (C=O) groups is 2. The number of carboxylic acids is 1. The molecule has 180 valence electrons. The summed E-state index contributed by atoms with van der Waals surface area (Å²) < 4.78 is 15.8. The molecule has 3 N–H and O–H groups in total. The normalized spacial score (nSPS) is 13.8. The number of hydrogen-bond donors (Lipinski definition) is 3. The summed E-state index contributed by atoms with van der Waals surface area (Å²) in [6.07, 6.45) is 3.97. The van der Waals surface area contributed by atoms with Crippen LogP contribution >= 0.6 is 0 Å². The zero-order valence-corrected chi connectivity index (χ0v) is 19.5. The van der Waals surface area contributed by atoms with Gasteiger partial charge in [-0.2, -0.15) is 0 Å². The first-order valence-corrected chi connectivity index (χ1v) is 11.4. The number of imidazole rings is 1. The SMILES string of the molecule is Cn1ccnc1-c1ccc(N/C(=C2\C(=O)Nc3cc(F)ccc32)c2cccc(CCC(=O)O)c2)cc1. The molecule has 3 aromatic carbocycles. The molecule has 0 saturated carbocycles. The van der Waals surface area contributed by atoms with Gasteiger partial charge in [-0.3, -0.25) is 9.59 Å². The molecule has 0 bridgehead atoms. The lowest BCUT2D eigenvalue weighted by Crippen LogP contribution is -2.10. The third kappa shape index (κ3) is 4.61. The molecule has 0 saturated heterocycles. The van der Waals surface area contributed by atoms with Crippen molar-refractivity contribution in [3.05, 3.63) is 102 Å². The van der Waals surface area contributed by atoms with E-state index in [-0.39, 0.29) is 12.3 Å². The predicted octanol–water partition coefficient (Wildman–Crippen LogP) is 5.18. The molecule has 2 heterocycles. The van der Waals surface area contributed by atoms with Gasteiger partial charge < -0.3 is 20.3 Å². The molecule has 7 nitrogen and oxygen atoms in total. The molecule has 1 aliphatic heterocycles. The number of aryl methyl sites for hydroxylation is 2. The predicted molar refractivity (Wildman–Crippen MR) is 137 cm³/mol. The second kappa shape index (κ2) is 9.50. The van der Waals surface area contributed by atoms with E-state index in [1.54, 1.807) is 12.3 Å². The van der Waals surface area contributed by atoms with Crippen molar-refractivity contribution in [1.82, 2.24) is 9.55 Å². The van der Waals surface area contributed by atoms with Crippen LogP contribution in [0.25, 0.3) is 22.7 Å². The van der Waals surface area contributed by atoms with E-state index in [0.717, 1.165) is 22.6 Å². The van der Waals surface area contributed by atoms with E-state index >= 15 is 0 Å². The van der Waals surface area contributed by atoms with Crippen molar-refractivity contribution in [3.8, 4) is 11.4 Å². The van der Waals surface area contributed by atoms with Gasteiger partial charge in [0.15, 0.2) is 0 Å². The van der Waals surface area contributed by atoms with Crippen LogP contribution in [0.3, 0.4) is 0 Å². The van der Waals surface area contributed by atoms with Crippen LogP contribution in [-0.4, -0.2) is 26.5 Å². The number of halogens is 1. The second-order valence-electron chi connectivity index (χ2n) is 8.55. The van der Waals surface area contributed by atoms with Gasteiger partial charge in [-0.1, -0.05) is 18.2 Å². The number of nitrogens with one attached hydrogen (secondary N) is 2. The molecular weight excluding hydrogens is 459 g/mol. The van der Waals surface area contributed by atoms with Gasteiger partial charge in [0, 0.05) is 42.7 Å². The third-order valence-electron chi connectivity index (χ3n) is 6.05. The van der Waals surface area contributed by atoms with Crippen LogP contribution in [0.15, 0.2) is 79.1 Å². The Hall–Kier alpha value is -4.72. The molecule has 4 aromatic rings. The first-order chi connectivity index (χ1) is 17.4. The fourth-order valence-corrected chi connectivity index (χ4v) is 4.30. The van der Waals surface area contributed by atoms with Crippen molar-refractivity contribution in [2.75, 3.05) is 10.6 Å². The number of rotatable bonds is 7. The Labute approximate surface area is 206 Å². The molecule has 0 atom stereocenters. The zero-order valence-electron chi connectivity index (χ0n) is 19.5. The maximum Gasteiger partial charge on any atom is 0.303 e. The molecule has 0 radical (unpaired) electrons. The van der Waals surface area contributed by atoms with E-state index in [0.29, 0.717) is 34.5 Å². The Morgan fingerprint density at radius 1 is 1.11 bits per heavy atom. The van der Waals surface area contributed by atoms with Gasteiger partial charge in [-0.05, 0) is 66.1 Å². The molecule has 36 heavy (non-hydrogen) atoms. The van der Waals surface area contributed by atoms with Crippen molar-refractivity contribution in [3.63, 3.8) is 0 Å². The van der Waals surface area contributed by atoms with E-state index in [2.05, 4.69) is 15.6 Å². The molecule has 0 spiro atoms. The Kier molecular flexibility index (Phi) is 6.08. The highest BCUT2D eigenvalue weighted by Gasteiger charge is 2.29. The summed E-state index contributed by atoms with van der Waals surface area (Å²) in [7, 11) is 1.92. The number of hydrogen-bond acceptors (Lipinski definition) is 4. The fourth-order valence-electron chi connectivity index (χ4n) is 4.30. The number of amides is 1. The molecule has 0 aliphatic carbocycles. The number of aromatic nitrogens is 2. The molecule has 0 fully saturated rings. The highest BCUT2D eigenvalue weighted by Crippen LogP contribution is 2.38. The summed E-state index contributed by atoms with van der Waals surface area (Å²) in [4.78, 5) is 28.5. The molecule has 8 heteroatoms. The highest BCUT2D eigenvalue weighted by atomic mass is 19.1. The molecular formula is C28H23FN4O3. The highest BCUT2D eigenvalue weighted by molar-refractivity contribution is 6.37. The van der Waals surface area contributed by atoms with Crippen LogP contribution in [0.2, 0.25) is 0 Å². The standard InChI is InChI=1S/C28H23FN4O3/c1-33-14-13-30-27(33)18-6-9-21(10-7-18)31-26(19-4-2-3-17(15-19)5-12-24(34)35)25-22-11-8-20(29)16-23(22)32-28(25)36/h2-4,6-11,13-16,31H,5,12H2,1H3,(H,32,36)(H,34,35)/b26-25-. The summed E-state index contributed by atoms with van der Waals surface area (Å²) in [5.74, 6) is -0.836. The van der Waals surface area contributed by atoms with Crippen LogP contribution in [-0.2, 0) is 23.1 Å². The Morgan fingerprint density at radius 3 is 2.64 bits per heavy atom. The first-order valence-electron chi connectivity index (χ1n) is 11.4. The smallest absolute Gasteiger partial charge is 0.303 e. The van der Waals surface area contributed by atoms with E-state index in [1.807, 2.05) is 66.3 Å². The first kappa shape index (κ1) is 23.0. The summed E-state index contributed by atoms with van der Waals surface area (Å²) in [5, 5.41) is 15.2. The summed E-state index contributed by atoms with van der Waals surface area (Å²) in [6, 6.07) is 19.3. The third-order valence-corrected chi connectivity index (χ3v) is 6.05. The fraction of sp³-hybridized carbons (Fsp3) is 0.107. The van der Waals surface area contributed by atoms with Crippen molar-refractivity contribution in [2.24, 2.45) is 7.05 Å². The summed E-state index contributed by atoms with van der Waals surface area (Å²) in [5.41, 5.74) is 5.15. The van der Waals surface area contributed by atoms with Crippen LogP contribution in [0.5, 0.6) is 0 Å². The maximum absolute atomic E-state index is 13.8. The quantitative estimate of drug-likeness (QED) is 0.316. The van der Waals surface area contributed by atoms with Crippen molar-refractivity contribution >= 4 is 34.5 Å². The molecule has 1 amide bonds. The Morgan fingerprint density at radius 2 is 1.92 bits per heavy atom. The largest absolute Gasteiger partial charge is 0.481 e. The van der Waals surface area contributed by atoms with Crippen molar-refractivity contribution < 1.29 is 19.1 Å². The van der Waals surface area contributed by atoms with Crippen molar-refractivity contribution in [2.45, 2.75) is 12.8 Å². The van der Waals surface area contributed by atoms with Gasteiger partial charge in [0.1, 0.15) is 11.6 Å². The minimum atomic E-state index is -0.879. The van der Waals surface area contributed by atoms with Crippen LogP contribution in [0.1, 0.15) is 23.1 Å². The van der Waals surface area contributed by atoms with Crippen LogP contribution in [0.4, 0.5) is 15.8 Å². The number of benzene rings is 3. The van der Waals surface area contributed by atoms with E-state index in [4.69, 9.17) is 5.11 Å². The number of carbonyl (C=O) groups excluding carboxylic acids is 1. The van der Waals surface area contributed by atoms with Gasteiger partial charge in [-0.25, -0.2) is 9.37 Å². The van der Waals surface area contributed by atoms with E-state index < -0.39 is 11.8 Å². The van der Waals surface area contributed by atoms with Crippen LogP contribution in [0, 0.1) is 5.82 Å². The average Bonchev–Trinajstić information content (AvgIpc) is 3.43. The number of carboxylic acid groups (broad SMARTS) is 1. The minimum Gasteiger partial charge on any atom is -0.481 e. The van der Waals surface area contributed by atoms with Gasteiger partial charge in [0.2, 0.25) is 0 Å². The van der Waals surface area contributed by atoms with E-state index in [9.17, 15) is 14.0 Å². The maximum atomic E-state index is 13.8. The monoisotopic (exact) mass is 482 g/mol. The van der Waals surface area contributed by atoms with Gasteiger partial charge in [0.25, 0.3) is 5.91 Å². The average molecular weight is 483 g/mol. The molecule has 1 aliphatic rings. The lowest BCUT2D eigenvalue weighted by atomic mass is 9.97. The lowest BCUT2D eigenvalue weighted by Gasteiger charge is -2.16. The zero-order chi connectivity index (χ0) is 25.2. The Balaban J connectivity index is 1.58. The molecule has 0 unspecified atom stereocenters. The van der Waals surface area contributed by atoms with Gasteiger partial charge in [-0.15, -0.1) is 0 Å². The minimum absolute atomic E-state index is 0.0000350. The van der Waals surface area contributed by atoms with Crippen molar-refractivity contribution in [1.29, 1.82) is 0 Å². The second-order valence-corrected chi connectivity index (χ2v) is 8.55. The van der Waals surface area contributed by atoms with Crippen LogP contribution < -0.4 is 10.6 Å². The molecule has 1 aromatic heterocycles. The lowest BCUT2D eigenvalue weighted by molar-refractivity contribution is -0.137. The number of fused-ring (bicyclic) bond motifs is 1. The van der Waals surface area contributed by atoms with E-state index in [1.165, 1.54) is 12.1 Å².